The summed E-state index contributed by atoms with van der Waals surface area (Å²) in [6.45, 7) is 0. The molecule has 2 N–H and O–H groups in total. The molecule has 3 rings (SSSR count). The van der Waals surface area contributed by atoms with E-state index in [0.717, 1.165) is 0 Å². The van der Waals surface area contributed by atoms with Crippen molar-refractivity contribution in [3.8, 4) is 0 Å². The van der Waals surface area contributed by atoms with E-state index < -0.39 is 17.7 Å². The number of halogens is 3. The molecule has 3 aromatic rings. The summed E-state index contributed by atoms with van der Waals surface area (Å²) in [4.78, 5) is 0. The monoisotopic (exact) mass is 293 g/mol. The van der Waals surface area contributed by atoms with Gasteiger partial charge in [0.05, 0.1) is 11.1 Å². The molecule has 0 aliphatic rings. The van der Waals surface area contributed by atoms with Crippen LogP contribution in [-0.4, -0.2) is 0 Å². The Labute approximate surface area is 118 Å². The van der Waals surface area contributed by atoms with Crippen molar-refractivity contribution in [2.24, 2.45) is 5.73 Å². The molecule has 0 saturated heterocycles. The van der Waals surface area contributed by atoms with Crippen LogP contribution >= 0.6 is 11.6 Å². The quantitative estimate of drug-likeness (QED) is 0.760. The Morgan fingerprint density at radius 3 is 2.50 bits per heavy atom. The molecule has 0 radical (unpaired) electrons. The van der Waals surface area contributed by atoms with E-state index in [4.69, 9.17) is 21.8 Å². The van der Waals surface area contributed by atoms with Crippen molar-refractivity contribution in [1.29, 1.82) is 0 Å². The second-order valence-corrected chi connectivity index (χ2v) is 4.81. The zero-order valence-corrected chi connectivity index (χ0v) is 11.0. The molecule has 1 aromatic heterocycles. The van der Waals surface area contributed by atoms with E-state index in [1.54, 1.807) is 24.3 Å². The van der Waals surface area contributed by atoms with Gasteiger partial charge in [0.15, 0.2) is 11.4 Å². The molecule has 1 atom stereocenters. The van der Waals surface area contributed by atoms with Gasteiger partial charge in [0.25, 0.3) is 0 Å². The van der Waals surface area contributed by atoms with Gasteiger partial charge in [-0.2, -0.15) is 0 Å². The van der Waals surface area contributed by atoms with Crippen molar-refractivity contribution in [3.05, 3.63) is 70.4 Å². The lowest BCUT2D eigenvalue weighted by Crippen LogP contribution is -2.11. The predicted molar refractivity (Wildman–Crippen MR) is 73.6 cm³/mol. The Morgan fingerprint density at radius 1 is 1.05 bits per heavy atom. The fraction of sp³-hybridized carbons (Fsp3) is 0.0667. The molecule has 2 aromatic carbocycles. The summed E-state index contributed by atoms with van der Waals surface area (Å²) in [6.07, 6.45) is 0. The third-order valence-electron chi connectivity index (χ3n) is 3.14. The van der Waals surface area contributed by atoms with E-state index in [0.29, 0.717) is 16.7 Å². The lowest BCUT2D eigenvalue weighted by atomic mass is 10.0. The highest BCUT2D eigenvalue weighted by atomic mass is 35.5. The van der Waals surface area contributed by atoms with Crippen LogP contribution in [0.15, 0.2) is 46.9 Å². The Hall–Kier alpha value is -1.91. The molecule has 20 heavy (non-hydrogen) atoms. The maximum atomic E-state index is 13.6. The number of hydrogen-bond donors (Lipinski definition) is 1. The second-order valence-electron chi connectivity index (χ2n) is 4.43. The Morgan fingerprint density at radius 2 is 1.75 bits per heavy atom. The van der Waals surface area contributed by atoms with Gasteiger partial charge in [-0.1, -0.05) is 35.9 Å². The van der Waals surface area contributed by atoms with Gasteiger partial charge in [0.1, 0.15) is 11.6 Å². The van der Waals surface area contributed by atoms with E-state index >= 15 is 0 Å². The summed E-state index contributed by atoms with van der Waals surface area (Å²) in [5.41, 5.74) is 6.56. The first-order chi connectivity index (χ1) is 9.58. The normalized spacial score (nSPS) is 12.8. The second kappa shape index (κ2) is 4.89. The summed E-state index contributed by atoms with van der Waals surface area (Å²) in [6, 6.07) is 9.84. The fourth-order valence-electron chi connectivity index (χ4n) is 2.11. The Balaban J connectivity index is 2.10. The lowest BCUT2D eigenvalue weighted by molar-refractivity contribution is 0.501. The molecule has 0 aliphatic heterocycles. The molecular formula is C15H10ClF2NO. The molecule has 1 unspecified atom stereocenters. The van der Waals surface area contributed by atoms with Gasteiger partial charge in [-0.05, 0) is 23.8 Å². The fourth-order valence-corrected chi connectivity index (χ4v) is 2.36. The lowest BCUT2D eigenvalue weighted by Gasteiger charge is -2.11. The summed E-state index contributed by atoms with van der Waals surface area (Å²) in [5, 5.41) is 0.545. The molecule has 102 valence electrons. The van der Waals surface area contributed by atoms with Gasteiger partial charge >= 0.3 is 0 Å². The summed E-state index contributed by atoms with van der Waals surface area (Å²) < 4.78 is 32.5. The van der Waals surface area contributed by atoms with Crippen LogP contribution < -0.4 is 5.73 Å². The highest BCUT2D eigenvalue weighted by molar-refractivity contribution is 6.31. The van der Waals surface area contributed by atoms with Crippen LogP contribution in [0.2, 0.25) is 5.02 Å². The number of hydrogen-bond acceptors (Lipinski definition) is 2. The van der Waals surface area contributed by atoms with E-state index in [2.05, 4.69) is 0 Å². The first-order valence-corrected chi connectivity index (χ1v) is 6.33. The van der Waals surface area contributed by atoms with Gasteiger partial charge in [-0.15, -0.1) is 0 Å². The minimum Gasteiger partial charge on any atom is -0.456 e. The zero-order valence-electron chi connectivity index (χ0n) is 10.2. The molecular weight excluding hydrogens is 284 g/mol. The van der Waals surface area contributed by atoms with Crippen molar-refractivity contribution < 1.29 is 13.2 Å². The average molecular weight is 294 g/mol. The van der Waals surface area contributed by atoms with Crippen LogP contribution in [0, 0.1) is 11.6 Å². The zero-order chi connectivity index (χ0) is 14.3. The topological polar surface area (TPSA) is 39.2 Å². The van der Waals surface area contributed by atoms with Gasteiger partial charge in [0, 0.05) is 5.39 Å². The van der Waals surface area contributed by atoms with Crippen molar-refractivity contribution >= 4 is 22.6 Å². The van der Waals surface area contributed by atoms with E-state index in [9.17, 15) is 8.78 Å². The van der Waals surface area contributed by atoms with Crippen molar-refractivity contribution in [1.82, 2.24) is 0 Å². The molecule has 0 saturated carbocycles. The maximum absolute atomic E-state index is 13.6. The third-order valence-corrected chi connectivity index (χ3v) is 3.54. The summed E-state index contributed by atoms with van der Waals surface area (Å²) >= 11 is 5.90. The summed E-state index contributed by atoms with van der Waals surface area (Å²) in [7, 11) is 0. The van der Waals surface area contributed by atoms with Crippen molar-refractivity contribution in [2.45, 2.75) is 6.04 Å². The molecule has 0 fully saturated rings. The van der Waals surface area contributed by atoms with Crippen LogP contribution in [0.25, 0.3) is 11.0 Å². The van der Waals surface area contributed by atoms with Gasteiger partial charge in [-0.25, -0.2) is 8.78 Å². The minimum absolute atomic E-state index is 0.0547. The van der Waals surface area contributed by atoms with Crippen LogP contribution in [0.1, 0.15) is 17.4 Å². The smallest absolute Gasteiger partial charge is 0.169 e. The number of fused-ring (bicyclic) bond motifs is 1. The molecule has 0 bridgehead atoms. The molecule has 1 heterocycles. The molecule has 2 nitrogen and oxygen atoms in total. The van der Waals surface area contributed by atoms with E-state index in [1.807, 2.05) is 0 Å². The Kier molecular flexibility index (Phi) is 3.20. The van der Waals surface area contributed by atoms with Crippen LogP contribution in [0.4, 0.5) is 8.78 Å². The standard InChI is InChI=1S/C15H10ClF2NO/c16-13-9(4-2-5-10(13)17)14(19)12-7-8-3-1-6-11(18)15(8)20-12/h1-7,14H,19H2. The number of furan rings is 1. The van der Waals surface area contributed by atoms with Crippen LogP contribution in [0.5, 0.6) is 0 Å². The highest BCUT2D eigenvalue weighted by Gasteiger charge is 2.19. The van der Waals surface area contributed by atoms with Gasteiger partial charge < -0.3 is 10.2 Å². The van der Waals surface area contributed by atoms with Crippen LogP contribution in [0.3, 0.4) is 0 Å². The third kappa shape index (κ3) is 2.07. The molecule has 0 spiro atoms. The SMILES string of the molecule is NC(c1cc2cccc(F)c2o1)c1cccc(F)c1Cl. The van der Waals surface area contributed by atoms with Crippen molar-refractivity contribution in [3.63, 3.8) is 0 Å². The first-order valence-electron chi connectivity index (χ1n) is 5.95. The summed E-state index contributed by atoms with van der Waals surface area (Å²) in [5.74, 6) is -0.689. The van der Waals surface area contributed by atoms with Crippen LogP contribution in [-0.2, 0) is 0 Å². The Bertz CT molecular complexity index is 785. The maximum Gasteiger partial charge on any atom is 0.169 e. The number of nitrogens with two attached hydrogens (primary N) is 1. The van der Waals surface area contributed by atoms with Gasteiger partial charge in [0.2, 0.25) is 0 Å². The number of para-hydroxylation sites is 1. The van der Waals surface area contributed by atoms with E-state index in [-0.39, 0.29) is 10.6 Å². The largest absolute Gasteiger partial charge is 0.456 e. The first kappa shape index (κ1) is 13.1. The number of benzene rings is 2. The van der Waals surface area contributed by atoms with Gasteiger partial charge in [-0.3, -0.25) is 0 Å². The minimum atomic E-state index is -0.759. The highest BCUT2D eigenvalue weighted by Crippen LogP contribution is 2.32. The van der Waals surface area contributed by atoms with Crippen molar-refractivity contribution in [2.75, 3.05) is 0 Å². The molecule has 5 heteroatoms. The molecule has 0 amide bonds. The average Bonchev–Trinajstić information content (AvgIpc) is 2.87. The van der Waals surface area contributed by atoms with E-state index in [1.165, 1.54) is 18.2 Å². The molecule has 0 aliphatic carbocycles. The number of rotatable bonds is 2. The predicted octanol–water partition coefficient (Wildman–Crippen LogP) is 4.41.